The van der Waals surface area contributed by atoms with Crippen molar-refractivity contribution in [2.75, 3.05) is 22.5 Å². The number of halogens is 1. The van der Waals surface area contributed by atoms with E-state index in [1.807, 2.05) is 6.07 Å². The van der Waals surface area contributed by atoms with E-state index in [1.54, 1.807) is 24.3 Å². The Balaban J connectivity index is 1.86. The fraction of sp³-hybridized carbons (Fsp3) is 0.0667. The first-order valence-electron chi connectivity index (χ1n) is 6.79. The van der Waals surface area contributed by atoms with Gasteiger partial charge in [-0.15, -0.1) is 0 Å². The first-order chi connectivity index (χ1) is 11.0. The van der Waals surface area contributed by atoms with Crippen LogP contribution in [0.5, 0.6) is 0 Å². The Labute approximate surface area is 137 Å². The third-order valence-corrected chi connectivity index (χ3v) is 3.57. The molecule has 7 nitrogen and oxygen atoms in total. The molecule has 0 saturated heterocycles. The first kappa shape index (κ1) is 15.0. The molecule has 0 saturated carbocycles. The number of furan rings is 1. The Morgan fingerprint density at radius 3 is 2.65 bits per heavy atom. The van der Waals surface area contributed by atoms with E-state index in [0.717, 1.165) is 5.56 Å². The van der Waals surface area contributed by atoms with Crippen molar-refractivity contribution in [1.29, 1.82) is 0 Å². The highest BCUT2D eigenvalue weighted by atomic mass is 35.5. The van der Waals surface area contributed by atoms with Crippen LogP contribution in [0.3, 0.4) is 0 Å². The highest BCUT2D eigenvalue weighted by molar-refractivity contribution is 6.33. The van der Waals surface area contributed by atoms with Crippen LogP contribution in [-0.2, 0) is 6.54 Å². The summed E-state index contributed by atoms with van der Waals surface area (Å²) < 4.78 is 5.32. The summed E-state index contributed by atoms with van der Waals surface area (Å²) in [5.74, 6) is 1.05. The Hall–Kier alpha value is -2.93. The number of nitrogen functional groups attached to an aromatic ring is 3. The summed E-state index contributed by atoms with van der Waals surface area (Å²) in [7, 11) is 0. The minimum atomic E-state index is 0.100. The monoisotopic (exact) mass is 330 g/mol. The van der Waals surface area contributed by atoms with Gasteiger partial charge in [-0.25, -0.2) is 4.98 Å². The molecule has 7 N–H and O–H groups in total. The molecule has 8 heteroatoms. The lowest BCUT2D eigenvalue weighted by Crippen LogP contribution is -2.09. The van der Waals surface area contributed by atoms with E-state index in [9.17, 15) is 0 Å². The van der Waals surface area contributed by atoms with Crippen LogP contribution < -0.4 is 22.5 Å². The lowest BCUT2D eigenvalue weighted by Gasteiger charge is -2.12. The second-order valence-electron chi connectivity index (χ2n) is 4.88. The van der Waals surface area contributed by atoms with Crippen LogP contribution >= 0.6 is 11.6 Å². The lowest BCUT2D eigenvalue weighted by molar-refractivity contribution is 0.580. The first-order valence-corrected chi connectivity index (χ1v) is 7.17. The fourth-order valence-corrected chi connectivity index (χ4v) is 2.29. The Kier molecular flexibility index (Phi) is 3.94. The predicted octanol–water partition coefficient (Wildman–Crippen LogP) is 2.75. The second-order valence-corrected chi connectivity index (χ2v) is 5.29. The molecule has 0 spiro atoms. The summed E-state index contributed by atoms with van der Waals surface area (Å²) in [5, 5.41) is 3.62. The molecule has 0 aliphatic heterocycles. The number of nitrogens with zero attached hydrogens (tertiary/aromatic N) is 2. The standard InChI is InChI=1S/C15H15ClN6O/c16-9-6-8(3-4-10(9)17)7-20-14-12(18)13(21-15(19)22-14)11-2-1-5-23-11/h1-6H,7,17-18H2,(H3,19,20,21,22). The lowest BCUT2D eigenvalue weighted by atomic mass is 10.2. The summed E-state index contributed by atoms with van der Waals surface area (Å²) in [5.41, 5.74) is 19.8. The molecule has 0 aliphatic rings. The molecule has 0 atom stereocenters. The van der Waals surface area contributed by atoms with Crippen LogP contribution in [0, 0.1) is 0 Å². The van der Waals surface area contributed by atoms with Crippen LogP contribution in [0.25, 0.3) is 11.5 Å². The van der Waals surface area contributed by atoms with Gasteiger partial charge in [0, 0.05) is 6.54 Å². The van der Waals surface area contributed by atoms with E-state index in [0.29, 0.717) is 40.2 Å². The van der Waals surface area contributed by atoms with Gasteiger partial charge in [0.2, 0.25) is 5.95 Å². The van der Waals surface area contributed by atoms with Crippen LogP contribution in [0.2, 0.25) is 5.02 Å². The summed E-state index contributed by atoms with van der Waals surface area (Å²) in [6, 6.07) is 8.88. The van der Waals surface area contributed by atoms with Crippen molar-refractivity contribution in [2.45, 2.75) is 6.54 Å². The normalized spacial score (nSPS) is 10.7. The largest absolute Gasteiger partial charge is 0.463 e. The third kappa shape index (κ3) is 3.14. The number of nitrogens with one attached hydrogen (secondary N) is 1. The third-order valence-electron chi connectivity index (χ3n) is 3.24. The van der Waals surface area contributed by atoms with Gasteiger partial charge < -0.3 is 26.9 Å². The number of aromatic nitrogens is 2. The molecule has 0 unspecified atom stereocenters. The van der Waals surface area contributed by atoms with Gasteiger partial charge in [-0.3, -0.25) is 0 Å². The highest BCUT2D eigenvalue weighted by Gasteiger charge is 2.14. The number of hydrogen-bond acceptors (Lipinski definition) is 7. The van der Waals surface area contributed by atoms with Gasteiger partial charge in [0.05, 0.1) is 17.0 Å². The number of benzene rings is 1. The zero-order valence-corrected chi connectivity index (χ0v) is 12.8. The topological polar surface area (TPSA) is 129 Å². The summed E-state index contributed by atoms with van der Waals surface area (Å²) in [4.78, 5) is 8.26. The van der Waals surface area contributed by atoms with Gasteiger partial charge in [-0.05, 0) is 29.8 Å². The quantitative estimate of drug-likeness (QED) is 0.541. The Morgan fingerprint density at radius 2 is 1.96 bits per heavy atom. The molecule has 0 amide bonds. The molecule has 118 valence electrons. The van der Waals surface area contributed by atoms with Gasteiger partial charge >= 0.3 is 0 Å². The molecule has 0 radical (unpaired) electrons. The van der Waals surface area contributed by atoms with Crippen molar-refractivity contribution in [3.8, 4) is 11.5 Å². The molecule has 0 aliphatic carbocycles. The van der Waals surface area contributed by atoms with E-state index >= 15 is 0 Å². The smallest absolute Gasteiger partial charge is 0.222 e. The molecule has 3 rings (SSSR count). The van der Waals surface area contributed by atoms with Crippen molar-refractivity contribution in [3.05, 3.63) is 47.2 Å². The molecule has 2 aromatic heterocycles. The average Bonchev–Trinajstić information content (AvgIpc) is 3.05. The van der Waals surface area contributed by atoms with Crippen molar-refractivity contribution >= 4 is 34.7 Å². The average molecular weight is 331 g/mol. The molecule has 2 heterocycles. The van der Waals surface area contributed by atoms with Gasteiger partial charge in [-0.1, -0.05) is 17.7 Å². The van der Waals surface area contributed by atoms with Gasteiger partial charge in [-0.2, -0.15) is 4.98 Å². The SMILES string of the molecule is Nc1nc(NCc2ccc(N)c(Cl)c2)c(N)c(-c2ccco2)n1. The molecule has 0 fully saturated rings. The van der Waals surface area contributed by atoms with Gasteiger partial charge in [0.15, 0.2) is 11.6 Å². The maximum absolute atomic E-state index is 6.11. The molecule has 1 aromatic carbocycles. The van der Waals surface area contributed by atoms with Crippen molar-refractivity contribution in [2.24, 2.45) is 0 Å². The minimum Gasteiger partial charge on any atom is -0.463 e. The zero-order chi connectivity index (χ0) is 16.4. The molecular weight excluding hydrogens is 316 g/mol. The van der Waals surface area contributed by atoms with Crippen LogP contribution in [0.4, 0.5) is 23.1 Å². The maximum atomic E-state index is 6.11. The maximum Gasteiger partial charge on any atom is 0.222 e. The van der Waals surface area contributed by atoms with Crippen molar-refractivity contribution < 1.29 is 4.42 Å². The summed E-state index contributed by atoms with van der Waals surface area (Å²) >= 11 is 6.01. The van der Waals surface area contributed by atoms with Crippen LogP contribution in [0.1, 0.15) is 5.56 Å². The van der Waals surface area contributed by atoms with E-state index in [4.69, 9.17) is 33.2 Å². The van der Waals surface area contributed by atoms with Crippen molar-refractivity contribution in [1.82, 2.24) is 9.97 Å². The van der Waals surface area contributed by atoms with E-state index in [1.165, 1.54) is 6.26 Å². The number of rotatable bonds is 4. The number of hydrogen-bond donors (Lipinski definition) is 4. The summed E-state index contributed by atoms with van der Waals surface area (Å²) in [6.45, 7) is 0.457. The molecule has 0 bridgehead atoms. The van der Waals surface area contributed by atoms with Crippen LogP contribution in [-0.4, -0.2) is 9.97 Å². The van der Waals surface area contributed by atoms with Gasteiger partial charge in [0.25, 0.3) is 0 Å². The van der Waals surface area contributed by atoms with E-state index < -0.39 is 0 Å². The molecular formula is C15H15ClN6O. The predicted molar refractivity (Wildman–Crippen MR) is 91.7 cm³/mol. The van der Waals surface area contributed by atoms with Crippen molar-refractivity contribution in [3.63, 3.8) is 0 Å². The second kappa shape index (κ2) is 6.05. The number of nitrogens with two attached hydrogens (primary N) is 3. The fourth-order valence-electron chi connectivity index (χ4n) is 2.09. The molecule has 3 aromatic rings. The Morgan fingerprint density at radius 1 is 1.13 bits per heavy atom. The highest BCUT2D eigenvalue weighted by Crippen LogP contribution is 2.30. The number of anilines is 4. The summed E-state index contributed by atoms with van der Waals surface area (Å²) in [6.07, 6.45) is 1.54. The van der Waals surface area contributed by atoms with E-state index in [-0.39, 0.29) is 5.95 Å². The van der Waals surface area contributed by atoms with E-state index in [2.05, 4.69) is 15.3 Å². The minimum absolute atomic E-state index is 0.100. The van der Waals surface area contributed by atoms with Crippen LogP contribution in [0.15, 0.2) is 41.0 Å². The van der Waals surface area contributed by atoms with Gasteiger partial charge in [0.1, 0.15) is 11.4 Å². The molecule has 23 heavy (non-hydrogen) atoms. The Bertz CT molecular complexity index is 834. The zero-order valence-electron chi connectivity index (χ0n) is 12.1.